The van der Waals surface area contributed by atoms with Crippen LogP contribution in [0, 0.1) is 11.6 Å². The Morgan fingerprint density at radius 1 is 1.10 bits per heavy atom. The monoisotopic (exact) mass is 421 g/mol. The summed E-state index contributed by atoms with van der Waals surface area (Å²) in [4.78, 5) is 25.7. The number of carbonyl (C=O) groups is 1. The SMILES string of the molecule is O=C(Cn1nc(C2CC2)c2cnn(-c3ccc(F)cc3)c2c1=O)Nc1ccccc1F. The standard InChI is InChI=1S/C22H17F2N5O2/c23-14-7-9-15(10-8-14)29-21-16(11-25-29)20(13-5-6-13)27-28(22(21)31)12-19(30)26-18-4-2-1-3-17(18)24/h1-4,7-11,13H,5-6,12H2,(H,26,30). The van der Waals surface area contributed by atoms with Gasteiger partial charge in [-0.05, 0) is 49.2 Å². The molecule has 156 valence electrons. The topological polar surface area (TPSA) is 81.8 Å². The maximum atomic E-state index is 13.8. The summed E-state index contributed by atoms with van der Waals surface area (Å²) in [6.45, 7) is -0.378. The molecule has 2 heterocycles. The first-order valence-electron chi connectivity index (χ1n) is 9.80. The fraction of sp³-hybridized carbons (Fsp3) is 0.182. The van der Waals surface area contributed by atoms with Crippen LogP contribution in [0.3, 0.4) is 0 Å². The van der Waals surface area contributed by atoms with Crippen molar-refractivity contribution < 1.29 is 13.6 Å². The Morgan fingerprint density at radius 3 is 2.55 bits per heavy atom. The summed E-state index contributed by atoms with van der Waals surface area (Å²) in [5, 5.41) is 11.8. The van der Waals surface area contributed by atoms with Crippen LogP contribution >= 0.6 is 0 Å². The highest BCUT2D eigenvalue weighted by Gasteiger charge is 2.30. The Morgan fingerprint density at radius 2 is 1.84 bits per heavy atom. The summed E-state index contributed by atoms with van der Waals surface area (Å²) < 4.78 is 29.7. The number of nitrogens with one attached hydrogen (secondary N) is 1. The van der Waals surface area contributed by atoms with Crippen LogP contribution in [0.15, 0.2) is 59.5 Å². The van der Waals surface area contributed by atoms with Crippen molar-refractivity contribution in [3.63, 3.8) is 0 Å². The number of benzene rings is 2. The van der Waals surface area contributed by atoms with Crippen LogP contribution in [0.2, 0.25) is 0 Å². The van der Waals surface area contributed by atoms with E-state index in [0.29, 0.717) is 16.8 Å². The van der Waals surface area contributed by atoms with Crippen molar-refractivity contribution in [1.82, 2.24) is 19.6 Å². The van der Waals surface area contributed by atoms with Crippen molar-refractivity contribution in [2.75, 3.05) is 5.32 Å². The Hall–Kier alpha value is -3.88. The molecule has 2 aromatic heterocycles. The Balaban J connectivity index is 1.57. The van der Waals surface area contributed by atoms with Gasteiger partial charge in [0, 0.05) is 11.3 Å². The lowest BCUT2D eigenvalue weighted by molar-refractivity contribution is -0.117. The molecule has 1 N–H and O–H groups in total. The van der Waals surface area contributed by atoms with Gasteiger partial charge in [-0.2, -0.15) is 10.2 Å². The quantitative estimate of drug-likeness (QED) is 0.536. The van der Waals surface area contributed by atoms with Gasteiger partial charge in [-0.15, -0.1) is 0 Å². The first kappa shape index (κ1) is 19.1. The molecule has 2 aromatic carbocycles. The van der Waals surface area contributed by atoms with Crippen LogP contribution in [0.5, 0.6) is 0 Å². The van der Waals surface area contributed by atoms with E-state index in [1.54, 1.807) is 12.3 Å². The molecule has 0 spiro atoms. The normalized spacial score (nSPS) is 13.5. The van der Waals surface area contributed by atoms with Gasteiger partial charge in [0.2, 0.25) is 5.91 Å². The number of halogens is 2. The molecule has 4 aromatic rings. The smallest absolute Gasteiger partial charge is 0.293 e. The minimum absolute atomic E-state index is 0.0281. The van der Waals surface area contributed by atoms with Crippen LogP contribution in [0.1, 0.15) is 24.5 Å². The maximum absolute atomic E-state index is 13.8. The lowest BCUT2D eigenvalue weighted by Gasteiger charge is -2.11. The van der Waals surface area contributed by atoms with E-state index in [1.807, 2.05) is 0 Å². The van der Waals surface area contributed by atoms with Crippen molar-refractivity contribution in [1.29, 1.82) is 0 Å². The molecular weight excluding hydrogens is 404 g/mol. The van der Waals surface area contributed by atoms with Crippen molar-refractivity contribution in [3.8, 4) is 5.69 Å². The molecule has 0 radical (unpaired) electrons. The molecule has 1 saturated carbocycles. The number of aromatic nitrogens is 4. The third-order valence-corrected chi connectivity index (χ3v) is 5.19. The number of nitrogens with zero attached hydrogens (tertiary/aromatic N) is 4. The van der Waals surface area contributed by atoms with Crippen LogP contribution < -0.4 is 10.9 Å². The molecule has 1 aliphatic carbocycles. The number of hydrogen-bond acceptors (Lipinski definition) is 4. The minimum Gasteiger partial charge on any atom is -0.322 e. The second kappa shape index (κ2) is 7.42. The molecule has 0 saturated heterocycles. The van der Waals surface area contributed by atoms with Crippen LogP contribution in [-0.2, 0) is 11.3 Å². The fourth-order valence-electron chi connectivity index (χ4n) is 3.53. The zero-order chi connectivity index (χ0) is 21.5. The van der Waals surface area contributed by atoms with Gasteiger partial charge in [0.1, 0.15) is 23.7 Å². The average Bonchev–Trinajstić information content (AvgIpc) is 3.50. The molecule has 0 aliphatic heterocycles. The maximum Gasteiger partial charge on any atom is 0.293 e. The average molecular weight is 421 g/mol. The van der Waals surface area contributed by atoms with Gasteiger partial charge >= 0.3 is 0 Å². The zero-order valence-electron chi connectivity index (χ0n) is 16.3. The van der Waals surface area contributed by atoms with Crippen molar-refractivity contribution >= 4 is 22.5 Å². The number of hydrogen-bond donors (Lipinski definition) is 1. The van der Waals surface area contributed by atoms with Crippen LogP contribution in [0.25, 0.3) is 16.6 Å². The van der Waals surface area contributed by atoms with Gasteiger partial charge in [0.15, 0.2) is 0 Å². The van der Waals surface area contributed by atoms with Gasteiger partial charge in [-0.25, -0.2) is 18.1 Å². The number of para-hydroxylation sites is 1. The summed E-state index contributed by atoms with van der Waals surface area (Å²) in [7, 11) is 0. The van der Waals surface area contributed by atoms with E-state index in [2.05, 4.69) is 15.5 Å². The minimum atomic E-state index is -0.575. The van der Waals surface area contributed by atoms with E-state index in [4.69, 9.17) is 0 Å². The highest BCUT2D eigenvalue weighted by atomic mass is 19.1. The number of carbonyl (C=O) groups excluding carboxylic acids is 1. The first-order chi connectivity index (χ1) is 15.0. The van der Waals surface area contributed by atoms with Crippen molar-refractivity contribution in [2.45, 2.75) is 25.3 Å². The third-order valence-electron chi connectivity index (χ3n) is 5.19. The highest BCUT2D eigenvalue weighted by Crippen LogP contribution is 2.41. The van der Waals surface area contributed by atoms with E-state index >= 15 is 0 Å². The fourth-order valence-corrected chi connectivity index (χ4v) is 3.53. The molecule has 1 fully saturated rings. The molecule has 7 nitrogen and oxygen atoms in total. The summed E-state index contributed by atoms with van der Waals surface area (Å²) in [5.41, 5.74) is 0.998. The van der Waals surface area contributed by atoms with Gasteiger partial charge in [0.05, 0.1) is 23.3 Å². The lowest BCUT2D eigenvalue weighted by Crippen LogP contribution is -2.31. The lowest BCUT2D eigenvalue weighted by atomic mass is 10.2. The van der Waals surface area contributed by atoms with Gasteiger partial charge < -0.3 is 5.32 Å². The number of anilines is 1. The predicted octanol–water partition coefficient (Wildman–Crippen LogP) is 3.38. The third kappa shape index (κ3) is 3.58. The number of fused-ring (bicyclic) bond motifs is 1. The molecule has 9 heteroatoms. The molecule has 1 amide bonds. The number of amides is 1. The van der Waals surface area contributed by atoms with Crippen molar-refractivity contribution in [3.05, 3.63) is 82.4 Å². The first-order valence-corrected chi connectivity index (χ1v) is 9.80. The van der Waals surface area contributed by atoms with Crippen LogP contribution in [0.4, 0.5) is 14.5 Å². The van der Waals surface area contributed by atoms with E-state index in [1.165, 1.54) is 47.1 Å². The predicted molar refractivity (Wildman–Crippen MR) is 110 cm³/mol. The van der Waals surface area contributed by atoms with E-state index < -0.39 is 23.1 Å². The number of rotatable bonds is 5. The van der Waals surface area contributed by atoms with E-state index in [0.717, 1.165) is 17.5 Å². The molecule has 5 rings (SSSR count). The van der Waals surface area contributed by atoms with Crippen LogP contribution in [-0.4, -0.2) is 25.5 Å². The summed E-state index contributed by atoms with van der Waals surface area (Å²) in [6.07, 6.45) is 3.44. The Labute approximate surface area is 174 Å². The Bertz CT molecular complexity index is 1360. The molecule has 31 heavy (non-hydrogen) atoms. The molecular formula is C22H17F2N5O2. The van der Waals surface area contributed by atoms with E-state index in [-0.39, 0.29) is 23.7 Å². The van der Waals surface area contributed by atoms with E-state index in [9.17, 15) is 18.4 Å². The summed E-state index contributed by atoms with van der Waals surface area (Å²) in [5.74, 6) is -1.36. The molecule has 0 bridgehead atoms. The summed E-state index contributed by atoms with van der Waals surface area (Å²) >= 11 is 0. The van der Waals surface area contributed by atoms with Gasteiger partial charge in [-0.3, -0.25) is 9.59 Å². The second-order valence-corrected chi connectivity index (χ2v) is 7.45. The zero-order valence-corrected chi connectivity index (χ0v) is 16.3. The van der Waals surface area contributed by atoms with Gasteiger partial charge in [0.25, 0.3) is 5.56 Å². The van der Waals surface area contributed by atoms with Gasteiger partial charge in [-0.1, -0.05) is 12.1 Å². The molecule has 0 unspecified atom stereocenters. The van der Waals surface area contributed by atoms with Crippen molar-refractivity contribution in [2.24, 2.45) is 0 Å². The highest BCUT2D eigenvalue weighted by molar-refractivity contribution is 5.91. The summed E-state index contributed by atoms with van der Waals surface area (Å²) in [6, 6.07) is 11.4. The second-order valence-electron chi connectivity index (χ2n) is 7.45. The molecule has 1 aliphatic rings. The molecule has 0 atom stereocenters. The largest absolute Gasteiger partial charge is 0.322 e. The Kier molecular flexibility index (Phi) is 4.58.